The van der Waals surface area contributed by atoms with Crippen molar-refractivity contribution in [3.8, 4) is 0 Å². The number of halogens is 3. The molecule has 0 aliphatic carbocycles. The number of nitrogens with zero attached hydrogens (tertiary/aromatic N) is 2. The molecule has 3 saturated heterocycles. The fourth-order valence-electron chi connectivity index (χ4n) is 4.87. The summed E-state index contributed by atoms with van der Waals surface area (Å²) in [5.74, 6) is -0.665. The van der Waals surface area contributed by atoms with E-state index in [1.165, 1.54) is 23.1 Å². The molecule has 2 aromatic carbocycles. The zero-order valence-electron chi connectivity index (χ0n) is 16.9. The van der Waals surface area contributed by atoms with Gasteiger partial charge >= 0.3 is 6.03 Å². The molecule has 7 nitrogen and oxygen atoms in total. The molecule has 0 bridgehead atoms. The standard InChI is InChI=1S/C22H18BrCl2N3O4/c1-12-18(29)26-22(32-12)10-21(9-13-2-4-14(23)5-3-13)19(30)28(20(31)27(21)11-22)17-7-15(24)6-16(25)8-17/h2-8,12H,9-11H2,1H3,(H,26,29)/t12-,21-,22-/m0/s1. The Morgan fingerprint density at radius 2 is 1.78 bits per heavy atom. The first-order valence-electron chi connectivity index (χ1n) is 9.99. The van der Waals surface area contributed by atoms with Gasteiger partial charge in [0.05, 0.1) is 12.2 Å². The Balaban J connectivity index is 1.59. The molecule has 1 N–H and O–H groups in total. The lowest BCUT2D eigenvalue weighted by Crippen LogP contribution is -2.49. The number of hydrogen-bond donors (Lipinski definition) is 1. The summed E-state index contributed by atoms with van der Waals surface area (Å²) >= 11 is 15.7. The van der Waals surface area contributed by atoms with Gasteiger partial charge in [0.1, 0.15) is 11.6 Å². The third-order valence-corrected chi connectivity index (χ3v) is 7.13. The number of ether oxygens (including phenoxy) is 1. The van der Waals surface area contributed by atoms with E-state index >= 15 is 0 Å². The Kier molecular flexibility index (Phi) is 5.05. The van der Waals surface area contributed by atoms with Crippen LogP contribution in [0, 0.1) is 0 Å². The van der Waals surface area contributed by atoms with Crippen molar-refractivity contribution in [3.05, 3.63) is 62.5 Å². The van der Waals surface area contributed by atoms with E-state index in [0.717, 1.165) is 14.9 Å². The number of fused-ring (bicyclic) bond motifs is 1. The first-order chi connectivity index (χ1) is 15.1. The first-order valence-corrected chi connectivity index (χ1v) is 11.5. The van der Waals surface area contributed by atoms with Gasteiger partial charge in [0, 0.05) is 27.4 Å². The first kappa shape index (κ1) is 21.7. The molecule has 0 unspecified atom stereocenters. The lowest BCUT2D eigenvalue weighted by Gasteiger charge is -2.28. The van der Waals surface area contributed by atoms with E-state index in [4.69, 9.17) is 27.9 Å². The highest BCUT2D eigenvalue weighted by atomic mass is 79.9. The van der Waals surface area contributed by atoms with Crippen LogP contribution in [-0.4, -0.2) is 46.7 Å². The van der Waals surface area contributed by atoms with Gasteiger partial charge in [0.15, 0.2) is 5.72 Å². The molecule has 166 valence electrons. The molecule has 3 aliphatic rings. The zero-order chi connectivity index (χ0) is 22.8. The maximum atomic E-state index is 13.9. The summed E-state index contributed by atoms with van der Waals surface area (Å²) in [4.78, 5) is 42.3. The van der Waals surface area contributed by atoms with Crippen molar-refractivity contribution in [3.63, 3.8) is 0 Å². The number of anilines is 1. The van der Waals surface area contributed by atoms with Crippen molar-refractivity contribution >= 4 is 62.7 Å². The number of hydrogen-bond acceptors (Lipinski definition) is 4. The van der Waals surface area contributed by atoms with Crippen LogP contribution in [0.3, 0.4) is 0 Å². The van der Waals surface area contributed by atoms with Crippen LogP contribution < -0.4 is 10.2 Å². The van der Waals surface area contributed by atoms with Crippen LogP contribution in [0.5, 0.6) is 0 Å². The van der Waals surface area contributed by atoms with Crippen LogP contribution in [0.25, 0.3) is 0 Å². The summed E-state index contributed by atoms with van der Waals surface area (Å²) in [6.07, 6.45) is -0.250. The van der Waals surface area contributed by atoms with Crippen molar-refractivity contribution in [2.24, 2.45) is 0 Å². The molecular formula is C22H18BrCl2N3O4. The minimum Gasteiger partial charge on any atom is -0.341 e. The van der Waals surface area contributed by atoms with Crippen molar-refractivity contribution in [2.45, 2.75) is 37.1 Å². The second kappa shape index (κ2) is 7.45. The average molecular weight is 539 g/mol. The monoisotopic (exact) mass is 537 g/mol. The minimum atomic E-state index is -1.23. The molecule has 10 heteroatoms. The minimum absolute atomic E-state index is 0.0645. The van der Waals surface area contributed by atoms with E-state index < -0.39 is 29.3 Å². The van der Waals surface area contributed by atoms with Gasteiger partial charge in [-0.3, -0.25) is 9.59 Å². The Bertz CT molecular complexity index is 1140. The molecule has 3 fully saturated rings. The van der Waals surface area contributed by atoms with Gasteiger partial charge in [-0.15, -0.1) is 0 Å². The molecule has 3 atom stereocenters. The average Bonchev–Trinajstić information content (AvgIpc) is 3.24. The summed E-state index contributed by atoms with van der Waals surface area (Å²) in [6, 6.07) is 11.7. The predicted molar refractivity (Wildman–Crippen MR) is 123 cm³/mol. The number of amides is 4. The van der Waals surface area contributed by atoms with Crippen LogP contribution in [0.2, 0.25) is 10.0 Å². The second-order valence-electron chi connectivity index (χ2n) is 8.39. The van der Waals surface area contributed by atoms with Crippen LogP contribution in [-0.2, 0) is 20.7 Å². The van der Waals surface area contributed by atoms with Crippen molar-refractivity contribution in [2.75, 3.05) is 11.4 Å². The van der Waals surface area contributed by atoms with Gasteiger partial charge < -0.3 is 15.0 Å². The molecule has 3 aliphatic heterocycles. The molecule has 5 rings (SSSR count). The lowest BCUT2D eigenvalue weighted by atomic mass is 9.86. The number of imide groups is 1. The maximum absolute atomic E-state index is 13.9. The quantitative estimate of drug-likeness (QED) is 0.596. The number of urea groups is 1. The van der Waals surface area contributed by atoms with E-state index in [1.807, 2.05) is 24.3 Å². The number of nitrogens with one attached hydrogen (secondary N) is 1. The molecule has 0 aromatic heterocycles. The number of benzene rings is 2. The lowest BCUT2D eigenvalue weighted by molar-refractivity contribution is -0.124. The Morgan fingerprint density at radius 1 is 1.12 bits per heavy atom. The highest BCUT2D eigenvalue weighted by Gasteiger charge is 2.68. The van der Waals surface area contributed by atoms with E-state index in [9.17, 15) is 14.4 Å². The molecular weight excluding hydrogens is 521 g/mol. The number of carbonyl (C=O) groups excluding carboxylic acids is 3. The summed E-state index contributed by atoms with van der Waals surface area (Å²) < 4.78 is 6.85. The SMILES string of the molecule is C[C@@H]1O[C@@]2(CN3C(=O)N(c4cc(Cl)cc(Cl)c4)C(=O)[C@]3(Cc3ccc(Br)cc3)C2)NC1=O. The molecule has 3 heterocycles. The topological polar surface area (TPSA) is 79.0 Å². The Labute approximate surface area is 202 Å². The van der Waals surface area contributed by atoms with Crippen molar-refractivity contribution in [1.82, 2.24) is 10.2 Å². The summed E-state index contributed by atoms with van der Waals surface area (Å²) in [5, 5.41) is 3.50. The Morgan fingerprint density at radius 3 is 2.38 bits per heavy atom. The Hall–Kier alpha value is -2.13. The summed E-state index contributed by atoms with van der Waals surface area (Å²) in [5.41, 5.74) is -1.15. The number of rotatable bonds is 3. The van der Waals surface area contributed by atoms with Crippen LogP contribution in [0.4, 0.5) is 10.5 Å². The van der Waals surface area contributed by atoms with Gasteiger partial charge in [0.2, 0.25) is 0 Å². The smallest absolute Gasteiger partial charge is 0.332 e. The fraction of sp³-hybridized carbons (Fsp3) is 0.318. The van der Waals surface area contributed by atoms with Gasteiger partial charge in [-0.2, -0.15) is 0 Å². The van der Waals surface area contributed by atoms with Gasteiger partial charge in [-0.1, -0.05) is 51.3 Å². The highest BCUT2D eigenvalue weighted by molar-refractivity contribution is 9.10. The zero-order valence-corrected chi connectivity index (χ0v) is 20.0. The molecule has 2 aromatic rings. The fourth-order valence-corrected chi connectivity index (χ4v) is 5.65. The third-order valence-electron chi connectivity index (χ3n) is 6.17. The molecule has 4 amide bonds. The van der Waals surface area contributed by atoms with Gasteiger partial charge in [-0.05, 0) is 42.8 Å². The maximum Gasteiger partial charge on any atom is 0.332 e. The molecule has 0 saturated carbocycles. The second-order valence-corrected chi connectivity index (χ2v) is 10.2. The van der Waals surface area contributed by atoms with E-state index in [1.54, 1.807) is 6.92 Å². The van der Waals surface area contributed by atoms with E-state index in [2.05, 4.69) is 21.2 Å². The molecule has 32 heavy (non-hydrogen) atoms. The summed E-state index contributed by atoms with van der Waals surface area (Å²) in [7, 11) is 0. The van der Waals surface area contributed by atoms with Crippen molar-refractivity contribution < 1.29 is 19.1 Å². The highest BCUT2D eigenvalue weighted by Crippen LogP contribution is 2.48. The number of carbonyl (C=O) groups is 3. The van der Waals surface area contributed by atoms with Gasteiger partial charge in [-0.25, -0.2) is 9.69 Å². The van der Waals surface area contributed by atoms with Crippen LogP contribution >= 0.6 is 39.1 Å². The normalized spacial score (nSPS) is 29.2. The van der Waals surface area contributed by atoms with E-state index in [0.29, 0.717) is 15.7 Å². The molecule has 1 spiro atoms. The van der Waals surface area contributed by atoms with Crippen molar-refractivity contribution in [1.29, 1.82) is 0 Å². The predicted octanol–water partition coefficient (Wildman–Crippen LogP) is 4.14. The van der Waals surface area contributed by atoms with Gasteiger partial charge in [0.25, 0.3) is 11.8 Å². The van der Waals surface area contributed by atoms with Crippen LogP contribution in [0.1, 0.15) is 18.9 Å². The molecule has 0 radical (unpaired) electrons. The largest absolute Gasteiger partial charge is 0.341 e. The van der Waals surface area contributed by atoms with Crippen LogP contribution in [0.15, 0.2) is 46.9 Å². The third kappa shape index (κ3) is 3.32. The summed E-state index contributed by atoms with van der Waals surface area (Å²) in [6.45, 7) is 1.72. The van der Waals surface area contributed by atoms with E-state index in [-0.39, 0.29) is 25.3 Å².